The molecule has 1 unspecified atom stereocenters. The summed E-state index contributed by atoms with van der Waals surface area (Å²) in [6.07, 6.45) is 3.68. The standard InChI is InChI=1S/C15H17N3O/c1-3-17-15(12-9-16-10-18(12)2)14-8-11-6-4-5-7-13(11)19-14/h4-10,15,17H,3H2,1-2H3. The maximum absolute atomic E-state index is 5.96. The van der Waals surface area contributed by atoms with E-state index in [4.69, 9.17) is 4.42 Å². The monoisotopic (exact) mass is 255 g/mol. The SMILES string of the molecule is CCNC(c1cc2ccccc2o1)c1cncn1C. The second kappa shape index (κ2) is 4.90. The van der Waals surface area contributed by atoms with Crippen molar-refractivity contribution < 1.29 is 4.42 Å². The van der Waals surface area contributed by atoms with Crippen LogP contribution in [0.2, 0.25) is 0 Å². The van der Waals surface area contributed by atoms with Gasteiger partial charge in [0.05, 0.1) is 18.2 Å². The Morgan fingerprint density at radius 1 is 1.37 bits per heavy atom. The van der Waals surface area contributed by atoms with Crippen LogP contribution in [0.15, 0.2) is 47.3 Å². The summed E-state index contributed by atoms with van der Waals surface area (Å²) in [5.41, 5.74) is 2.02. The zero-order valence-electron chi connectivity index (χ0n) is 11.1. The van der Waals surface area contributed by atoms with Crippen LogP contribution in [0.4, 0.5) is 0 Å². The molecular weight excluding hydrogens is 238 g/mol. The van der Waals surface area contributed by atoms with Crippen molar-refractivity contribution in [3.8, 4) is 0 Å². The first-order valence-electron chi connectivity index (χ1n) is 6.47. The van der Waals surface area contributed by atoms with Gasteiger partial charge in [-0.15, -0.1) is 0 Å². The molecule has 2 aromatic heterocycles. The third-order valence-electron chi connectivity index (χ3n) is 3.29. The quantitative estimate of drug-likeness (QED) is 0.779. The van der Waals surface area contributed by atoms with Gasteiger partial charge in [0, 0.05) is 12.4 Å². The summed E-state index contributed by atoms with van der Waals surface area (Å²) in [5.74, 6) is 0.923. The highest BCUT2D eigenvalue weighted by atomic mass is 16.3. The molecule has 1 N–H and O–H groups in total. The van der Waals surface area contributed by atoms with Crippen LogP contribution in [0.1, 0.15) is 24.4 Å². The van der Waals surface area contributed by atoms with E-state index >= 15 is 0 Å². The number of furan rings is 1. The lowest BCUT2D eigenvalue weighted by Crippen LogP contribution is -2.23. The smallest absolute Gasteiger partial charge is 0.134 e. The van der Waals surface area contributed by atoms with Crippen molar-refractivity contribution in [1.82, 2.24) is 14.9 Å². The zero-order chi connectivity index (χ0) is 13.2. The summed E-state index contributed by atoms with van der Waals surface area (Å²) in [4.78, 5) is 4.19. The Hall–Kier alpha value is -2.07. The lowest BCUT2D eigenvalue weighted by Gasteiger charge is -2.15. The average molecular weight is 255 g/mol. The highest BCUT2D eigenvalue weighted by Crippen LogP contribution is 2.27. The predicted octanol–water partition coefficient (Wildman–Crippen LogP) is 2.87. The van der Waals surface area contributed by atoms with E-state index in [1.165, 1.54) is 0 Å². The highest BCUT2D eigenvalue weighted by molar-refractivity contribution is 5.77. The number of para-hydroxylation sites is 1. The molecular formula is C15H17N3O. The molecule has 4 nitrogen and oxygen atoms in total. The van der Waals surface area contributed by atoms with Gasteiger partial charge in [-0.3, -0.25) is 0 Å². The van der Waals surface area contributed by atoms with Crippen LogP contribution in [-0.4, -0.2) is 16.1 Å². The highest BCUT2D eigenvalue weighted by Gasteiger charge is 2.20. The molecule has 2 heterocycles. The van der Waals surface area contributed by atoms with E-state index in [1.807, 2.05) is 42.3 Å². The van der Waals surface area contributed by atoms with Gasteiger partial charge in [0.25, 0.3) is 0 Å². The van der Waals surface area contributed by atoms with Gasteiger partial charge in [0.1, 0.15) is 17.4 Å². The second-order valence-corrected chi connectivity index (χ2v) is 4.61. The number of imidazole rings is 1. The first kappa shape index (κ1) is 12.0. The van der Waals surface area contributed by atoms with Gasteiger partial charge in [-0.2, -0.15) is 0 Å². The number of aryl methyl sites for hydroxylation is 1. The van der Waals surface area contributed by atoms with E-state index in [9.17, 15) is 0 Å². The molecule has 3 rings (SSSR count). The molecule has 98 valence electrons. The minimum absolute atomic E-state index is 0.0323. The van der Waals surface area contributed by atoms with Crippen LogP contribution in [0, 0.1) is 0 Å². The fourth-order valence-corrected chi connectivity index (χ4v) is 2.35. The number of hydrogen-bond acceptors (Lipinski definition) is 3. The molecule has 0 spiro atoms. The lowest BCUT2D eigenvalue weighted by molar-refractivity contribution is 0.464. The van der Waals surface area contributed by atoms with Crippen molar-refractivity contribution in [1.29, 1.82) is 0 Å². The third kappa shape index (κ3) is 2.15. The summed E-state index contributed by atoms with van der Waals surface area (Å²) in [6.45, 7) is 2.96. The largest absolute Gasteiger partial charge is 0.459 e. The molecule has 0 aliphatic heterocycles. The van der Waals surface area contributed by atoms with E-state index in [0.717, 1.165) is 29.0 Å². The fraction of sp³-hybridized carbons (Fsp3) is 0.267. The minimum Gasteiger partial charge on any atom is -0.459 e. The van der Waals surface area contributed by atoms with Gasteiger partial charge in [-0.25, -0.2) is 4.98 Å². The molecule has 19 heavy (non-hydrogen) atoms. The normalized spacial score (nSPS) is 12.9. The third-order valence-corrected chi connectivity index (χ3v) is 3.29. The number of benzene rings is 1. The first-order chi connectivity index (χ1) is 9.29. The molecule has 4 heteroatoms. The van der Waals surface area contributed by atoms with E-state index in [0.29, 0.717) is 0 Å². The molecule has 0 aliphatic rings. The van der Waals surface area contributed by atoms with Gasteiger partial charge in [-0.05, 0) is 18.7 Å². The first-order valence-corrected chi connectivity index (χ1v) is 6.47. The van der Waals surface area contributed by atoms with Gasteiger partial charge in [0.2, 0.25) is 0 Å². The van der Waals surface area contributed by atoms with Crippen LogP contribution in [-0.2, 0) is 7.05 Å². The average Bonchev–Trinajstić information content (AvgIpc) is 3.02. The molecule has 0 bridgehead atoms. The van der Waals surface area contributed by atoms with E-state index in [-0.39, 0.29) is 6.04 Å². The van der Waals surface area contributed by atoms with Crippen molar-refractivity contribution in [3.63, 3.8) is 0 Å². The van der Waals surface area contributed by atoms with Crippen LogP contribution in [0.3, 0.4) is 0 Å². The van der Waals surface area contributed by atoms with Gasteiger partial charge < -0.3 is 14.3 Å². The molecule has 0 saturated carbocycles. The van der Waals surface area contributed by atoms with Crippen molar-refractivity contribution in [2.24, 2.45) is 7.05 Å². The topological polar surface area (TPSA) is 43.0 Å². The zero-order valence-corrected chi connectivity index (χ0v) is 11.1. The number of nitrogens with one attached hydrogen (secondary N) is 1. The number of fused-ring (bicyclic) bond motifs is 1. The Kier molecular flexibility index (Phi) is 3.09. The molecule has 1 aromatic carbocycles. The number of hydrogen-bond donors (Lipinski definition) is 1. The number of aromatic nitrogens is 2. The predicted molar refractivity (Wildman–Crippen MR) is 74.9 cm³/mol. The molecule has 0 amide bonds. The van der Waals surface area contributed by atoms with E-state index in [2.05, 4.69) is 29.4 Å². The number of rotatable bonds is 4. The summed E-state index contributed by atoms with van der Waals surface area (Å²) in [7, 11) is 2.00. The Bertz CT molecular complexity index is 650. The number of nitrogens with zero attached hydrogens (tertiary/aromatic N) is 2. The van der Waals surface area contributed by atoms with Gasteiger partial charge in [-0.1, -0.05) is 25.1 Å². The summed E-state index contributed by atoms with van der Waals surface area (Å²) in [6, 6.07) is 10.2. The van der Waals surface area contributed by atoms with Crippen molar-refractivity contribution >= 4 is 11.0 Å². The molecule has 0 saturated heterocycles. The van der Waals surface area contributed by atoms with Crippen LogP contribution < -0.4 is 5.32 Å². The Morgan fingerprint density at radius 3 is 2.89 bits per heavy atom. The van der Waals surface area contributed by atoms with Crippen LogP contribution in [0.25, 0.3) is 11.0 Å². The summed E-state index contributed by atoms with van der Waals surface area (Å²) in [5, 5.41) is 4.58. The van der Waals surface area contributed by atoms with Gasteiger partial charge in [0.15, 0.2) is 0 Å². The lowest BCUT2D eigenvalue weighted by atomic mass is 10.1. The van der Waals surface area contributed by atoms with Gasteiger partial charge >= 0.3 is 0 Å². The Balaban J connectivity index is 2.07. The van der Waals surface area contributed by atoms with Crippen LogP contribution >= 0.6 is 0 Å². The molecule has 3 aromatic rings. The molecule has 0 fully saturated rings. The minimum atomic E-state index is 0.0323. The fourth-order valence-electron chi connectivity index (χ4n) is 2.35. The Labute approximate surface area is 112 Å². The molecule has 0 aliphatic carbocycles. The molecule has 0 radical (unpaired) electrons. The maximum atomic E-state index is 5.96. The van der Waals surface area contributed by atoms with Crippen molar-refractivity contribution in [3.05, 3.63) is 54.3 Å². The maximum Gasteiger partial charge on any atom is 0.134 e. The van der Waals surface area contributed by atoms with Crippen LogP contribution in [0.5, 0.6) is 0 Å². The van der Waals surface area contributed by atoms with Crippen molar-refractivity contribution in [2.45, 2.75) is 13.0 Å². The van der Waals surface area contributed by atoms with Crippen molar-refractivity contribution in [2.75, 3.05) is 6.54 Å². The summed E-state index contributed by atoms with van der Waals surface area (Å²) >= 11 is 0. The second-order valence-electron chi connectivity index (χ2n) is 4.61. The summed E-state index contributed by atoms with van der Waals surface area (Å²) < 4.78 is 7.97. The van der Waals surface area contributed by atoms with E-state index in [1.54, 1.807) is 0 Å². The molecule has 1 atom stereocenters. The van der Waals surface area contributed by atoms with E-state index < -0.39 is 0 Å². The Morgan fingerprint density at radius 2 is 2.21 bits per heavy atom.